The van der Waals surface area contributed by atoms with Crippen molar-refractivity contribution in [2.24, 2.45) is 11.8 Å². The van der Waals surface area contributed by atoms with E-state index in [1.54, 1.807) is 19.1 Å². The van der Waals surface area contributed by atoms with Crippen LogP contribution in [-0.2, 0) is 40.9 Å². The van der Waals surface area contributed by atoms with Crippen molar-refractivity contribution in [3.8, 4) is 0 Å². The number of alkyl carbamates (subject to hydrolysis) is 2. The first kappa shape index (κ1) is 38.2. The minimum Gasteiger partial charge on any atom is -0.445 e. The van der Waals surface area contributed by atoms with Gasteiger partial charge in [-0.05, 0) is 44.2 Å². The summed E-state index contributed by atoms with van der Waals surface area (Å²) in [6.45, 7) is 13.6. The van der Waals surface area contributed by atoms with Gasteiger partial charge in [0.1, 0.15) is 18.5 Å². The standard InChI is InChI=1S/C19H28NO4P.C15H20NO5P/c1-4-7-13-25(22,24-6-3)19(14-17(19)5-2)20-18(21)23-15-16-11-9-8-10-12-16;1-3-13-10-15(13,22(18,19)21-4-2)16-14(17)20-11-12-8-6-5-7-9-12/h5,8-12,17H,2,4,6-7,13-15H2,1,3H3,(H,20,21);3,5-9,13H,1,4,10-11H2,2H3,(H,16,17)(H,18,19)/t17-,19+,25?;13-,15+/m11/s1. The second-order valence-corrected chi connectivity index (χ2v) is 16.4. The predicted octanol–water partition coefficient (Wildman–Crippen LogP) is 7.97. The van der Waals surface area contributed by atoms with Crippen molar-refractivity contribution in [3.05, 3.63) is 97.1 Å². The first-order valence-electron chi connectivity index (χ1n) is 15.9. The zero-order valence-corrected chi connectivity index (χ0v) is 29.3. The number of carbonyl (C=O) groups excluding carboxylic acids is 2. The van der Waals surface area contributed by atoms with Gasteiger partial charge in [0, 0.05) is 18.0 Å². The van der Waals surface area contributed by atoms with Crippen LogP contribution < -0.4 is 10.6 Å². The summed E-state index contributed by atoms with van der Waals surface area (Å²) >= 11 is 0. The highest BCUT2D eigenvalue weighted by atomic mass is 31.2. The van der Waals surface area contributed by atoms with Gasteiger partial charge in [0.15, 0.2) is 5.28 Å². The lowest BCUT2D eigenvalue weighted by Gasteiger charge is -2.29. The maximum Gasteiger partial charge on any atom is 0.408 e. The molecule has 47 heavy (non-hydrogen) atoms. The van der Waals surface area contributed by atoms with E-state index >= 15 is 0 Å². The summed E-state index contributed by atoms with van der Waals surface area (Å²) in [5.74, 6) is -0.356. The van der Waals surface area contributed by atoms with Crippen LogP contribution in [0.25, 0.3) is 0 Å². The predicted molar refractivity (Wildman–Crippen MR) is 182 cm³/mol. The zero-order chi connectivity index (χ0) is 34.6. The maximum atomic E-state index is 13.5. The van der Waals surface area contributed by atoms with Crippen LogP contribution in [0.15, 0.2) is 86.0 Å². The molecule has 2 unspecified atom stereocenters. The normalized spacial score (nSPS) is 24.9. The van der Waals surface area contributed by atoms with E-state index in [9.17, 15) is 23.6 Å². The summed E-state index contributed by atoms with van der Waals surface area (Å²) in [4.78, 5) is 34.3. The number of carbonyl (C=O) groups is 2. The molecule has 3 N–H and O–H groups in total. The summed E-state index contributed by atoms with van der Waals surface area (Å²) in [7, 11) is -7.02. The highest BCUT2D eigenvalue weighted by Gasteiger charge is 2.67. The van der Waals surface area contributed by atoms with Crippen LogP contribution in [0.4, 0.5) is 9.59 Å². The van der Waals surface area contributed by atoms with Gasteiger partial charge >= 0.3 is 19.8 Å². The van der Waals surface area contributed by atoms with Gasteiger partial charge in [-0.25, -0.2) is 9.59 Å². The lowest BCUT2D eigenvalue weighted by atomic mass is 10.2. The molecule has 2 aromatic carbocycles. The molecule has 2 fully saturated rings. The van der Waals surface area contributed by atoms with Crippen LogP contribution in [0, 0.1) is 11.8 Å². The van der Waals surface area contributed by atoms with Gasteiger partial charge in [0.25, 0.3) is 0 Å². The van der Waals surface area contributed by atoms with Crippen LogP contribution in [0.5, 0.6) is 0 Å². The molecule has 2 aliphatic rings. The molecule has 0 aliphatic heterocycles. The van der Waals surface area contributed by atoms with E-state index < -0.39 is 37.7 Å². The number of unbranched alkanes of at least 4 members (excludes halogenated alkanes) is 1. The first-order chi connectivity index (χ1) is 22.5. The Kier molecular flexibility index (Phi) is 14.1. The summed E-state index contributed by atoms with van der Waals surface area (Å²) < 4.78 is 46.8. The summed E-state index contributed by atoms with van der Waals surface area (Å²) in [5, 5.41) is 3.16. The quantitative estimate of drug-likeness (QED) is 0.111. The Labute approximate surface area is 278 Å². The molecular formula is C34H48N2O9P2. The van der Waals surface area contributed by atoms with Crippen LogP contribution in [0.1, 0.15) is 57.6 Å². The lowest BCUT2D eigenvalue weighted by Crippen LogP contribution is -2.40. The van der Waals surface area contributed by atoms with E-state index in [0.29, 0.717) is 25.6 Å². The third-order valence-corrected chi connectivity index (χ3v) is 13.8. The van der Waals surface area contributed by atoms with Crippen LogP contribution in [0.2, 0.25) is 0 Å². The molecule has 2 aliphatic carbocycles. The van der Waals surface area contributed by atoms with E-state index in [2.05, 4.69) is 23.8 Å². The molecule has 0 saturated heterocycles. The van der Waals surface area contributed by atoms with Crippen molar-refractivity contribution in [3.63, 3.8) is 0 Å². The van der Waals surface area contributed by atoms with E-state index in [1.165, 1.54) is 0 Å². The number of hydrogen-bond donors (Lipinski definition) is 3. The zero-order valence-electron chi connectivity index (χ0n) is 27.5. The molecule has 2 amide bonds. The minimum atomic E-state index is -3.99. The molecule has 258 valence electrons. The van der Waals surface area contributed by atoms with Gasteiger partial charge < -0.3 is 34.0 Å². The maximum absolute atomic E-state index is 13.5. The number of amides is 2. The highest BCUT2D eigenvalue weighted by Crippen LogP contribution is 2.72. The van der Waals surface area contributed by atoms with Gasteiger partial charge in [-0.3, -0.25) is 9.13 Å². The fraction of sp³-hybridized carbons (Fsp3) is 0.471. The number of nitrogens with one attached hydrogen (secondary N) is 2. The Bertz CT molecular complexity index is 1440. The number of benzene rings is 2. The van der Waals surface area contributed by atoms with Crippen LogP contribution >= 0.6 is 15.0 Å². The highest BCUT2D eigenvalue weighted by molar-refractivity contribution is 7.61. The van der Waals surface area contributed by atoms with Crippen molar-refractivity contribution >= 4 is 27.2 Å². The fourth-order valence-electron chi connectivity index (χ4n) is 5.39. The van der Waals surface area contributed by atoms with E-state index in [1.807, 2.05) is 74.5 Å². The molecule has 2 saturated carbocycles. The Morgan fingerprint density at radius 3 is 1.66 bits per heavy atom. The van der Waals surface area contributed by atoms with Crippen molar-refractivity contribution in [2.45, 2.75) is 70.2 Å². The summed E-state index contributed by atoms with van der Waals surface area (Å²) in [6, 6.07) is 18.6. The average Bonchev–Trinajstić information content (AvgIpc) is 3.98. The molecule has 13 heteroatoms. The van der Waals surface area contributed by atoms with Gasteiger partial charge in [-0.2, -0.15) is 0 Å². The van der Waals surface area contributed by atoms with E-state index in [0.717, 1.165) is 24.0 Å². The van der Waals surface area contributed by atoms with Crippen LogP contribution in [0.3, 0.4) is 0 Å². The molecule has 2 aromatic rings. The van der Waals surface area contributed by atoms with E-state index in [4.69, 9.17) is 18.5 Å². The SMILES string of the molecule is C=C[C@@H]1C[C@]1(NC(=O)OCc1ccccc1)P(=O)(CCCC)OCC.C=C[C@@H]1C[C@]1(NC(=O)OCc1ccccc1)P(=O)(O)OCC. The number of rotatable bonds is 17. The van der Waals surface area contributed by atoms with Gasteiger partial charge in [0.05, 0.1) is 13.2 Å². The first-order valence-corrected chi connectivity index (χ1v) is 19.3. The Morgan fingerprint density at radius 2 is 1.26 bits per heavy atom. The van der Waals surface area contributed by atoms with Gasteiger partial charge in [0.2, 0.25) is 7.37 Å². The Morgan fingerprint density at radius 1 is 0.809 bits per heavy atom. The second kappa shape index (κ2) is 17.3. The lowest BCUT2D eigenvalue weighted by molar-refractivity contribution is 0.134. The average molecular weight is 691 g/mol. The fourth-order valence-corrected chi connectivity index (χ4v) is 10.4. The topological polar surface area (TPSA) is 149 Å². The van der Waals surface area contributed by atoms with Crippen molar-refractivity contribution in [2.75, 3.05) is 19.4 Å². The number of ether oxygens (including phenoxy) is 2. The summed E-state index contributed by atoms with van der Waals surface area (Å²) in [6.07, 6.45) is 5.04. The molecule has 0 bridgehead atoms. The molecule has 0 radical (unpaired) electrons. The molecule has 4 rings (SSSR count). The Balaban J connectivity index is 0.000000257. The van der Waals surface area contributed by atoms with Crippen LogP contribution in [-0.4, -0.2) is 47.0 Å². The summed E-state index contributed by atoms with van der Waals surface area (Å²) in [5.41, 5.74) is 1.74. The molecular weight excluding hydrogens is 642 g/mol. The second-order valence-electron chi connectivity index (χ2n) is 11.4. The van der Waals surface area contributed by atoms with E-state index in [-0.39, 0.29) is 31.7 Å². The largest absolute Gasteiger partial charge is 0.445 e. The molecule has 0 heterocycles. The smallest absolute Gasteiger partial charge is 0.408 e. The monoisotopic (exact) mass is 690 g/mol. The third-order valence-electron chi connectivity index (χ3n) is 8.16. The Hall–Kier alpha value is -3.20. The minimum absolute atomic E-state index is 0.0500. The number of hydrogen-bond acceptors (Lipinski definition) is 8. The van der Waals surface area contributed by atoms with Crippen molar-refractivity contribution in [1.82, 2.24) is 10.6 Å². The van der Waals surface area contributed by atoms with Gasteiger partial charge in [-0.1, -0.05) is 86.2 Å². The molecule has 11 nitrogen and oxygen atoms in total. The molecule has 0 aromatic heterocycles. The van der Waals surface area contributed by atoms with Gasteiger partial charge in [-0.15, -0.1) is 13.2 Å². The van der Waals surface area contributed by atoms with Crippen molar-refractivity contribution < 1.29 is 42.1 Å². The van der Waals surface area contributed by atoms with Crippen molar-refractivity contribution in [1.29, 1.82) is 0 Å². The molecule has 0 spiro atoms. The third kappa shape index (κ3) is 9.68. The molecule has 6 atom stereocenters.